The van der Waals surface area contributed by atoms with Crippen molar-refractivity contribution in [3.8, 4) is 39.7 Å². The lowest BCUT2D eigenvalue weighted by Gasteiger charge is -2.16. The number of rotatable bonds is 8. The summed E-state index contributed by atoms with van der Waals surface area (Å²) in [6.07, 6.45) is 3.91. The molecule has 1 fully saturated rings. The molecule has 2 N–H and O–H groups in total. The molecule has 2 aromatic heterocycles. The zero-order valence-corrected chi connectivity index (χ0v) is 19.7. The molecular formula is C25H25F2N7O2. The third-order valence-corrected chi connectivity index (χ3v) is 6.17. The number of aromatic nitrogens is 5. The number of ether oxygens (including phenoxy) is 2. The average molecular weight is 494 g/mol. The normalized spacial score (nSPS) is 13.8. The van der Waals surface area contributed by atoms with E-state index in [1.54, 1.807) is 19.4 Å². The van der Waals surface area contributed by atoms with E-state index in [0.717, 1.165) is 41.7 Å². The van der Waals surface area contributed by atoms with Gasteiger partial charge in [-0.2, -0.15) is 9.07 Å². The second-order valence-electron chi connectivity index (χ2n) is 8.41. The van der Waals surface area contributed by atoms with Gasteiger partial charge in [0.1, 0.15) is 23.9 Å². The van der Waals surface area contributed by atoms with Crippen LogP contribution in [0, 0.1) is 11.6 Å². The lowest BCUT2D eigenvalue weighted by atomic mass is 10.0. The number of tetrazole rings is 1. The van der Waals surface area contributed by atoms with Gasteiger partial charge in [-0.15, -0.1) is 5.10 Å². The number of benzene rings is 2. The van der Waals surface area contributed by atoms with Crippen molar-refractivity contribution >= 4 is 5.82 Å². The SMILES string of the molecule is COc1ccc(-c2cnc(N)c(-c3nnnn3-c3ccc(OCCN4CCCC4)c(F)c3F)c2)cc1. The fourth-order valence-corrected chi connectivity index (χ4v) is 4.20. The molecule has 36 heavy (non-hydrogen) atoms. The summed E-state index contributed by atoms with van der Waals surface area (Å²) in [5.74, 6) is -1.41. The Morgan fingerprint density at radius 1 is 1.00 bits per heavy atom. The molecule has 0 spiro atoms. The number of likely N-dealkylation sites (tertiary alicyclic amines) is 1. The smallest absolute Gasteiger partial charge is 0.202 e. The third-order valence-electron chi connectivity index (χ3n) is 6.17. The molecule has 1 aliphatic heterocycles. The van der Waals surface area contributed by atoms with Crippen molar-refractivity contribution in [1.29, 1.82) is 0 Å². The van der Waals surface area contributed by atoms with Crippen LogP contribution in [0.5, 0.6) is 11.5 Å². The standard InChI is InChI=1S/C25H25F2N7O2/c1-35-18-6-4-16(5-7-18)17-14-19(24(28)29-15-17)25-30-31-32-34(25)20-8-9-21(23(27)22(20)26)36-13-12-33-10-2-3-11-33/h4-9,14-15H,2-3,10-13H2,1H3,(H2,28,29). The van der Waals surface area contributed by atoms with Gasteiger partial charge in [0.05, 0.1) is 12.7 Å². The van der Waals surface area contributed by atoms with Crippen LogP contribution in [-0.4, -0.2) is 63.4 Å². The molecule has 0 bridgehead atoms. The monoisotopic (exact) mass is 493 g/mol. The minimum Gasteiger partial charge on any atom is -0.497 e. The van der Waals surface area contributed by atoms with Gasteiger partial charge in [0, 0.05) is 18.3 Å². The maximum atomic E-state index is 15.1. The molecule has 3 heterocycles. The predicted octanol–water partition coefficient (Wildman–Crippen LogP) is 3.73. The van der Waals surface area contributed by atoms with Crippen molar-refractivity contribution in [3.63, 3.8) is 0 Å². The van der Waals surface area contributed by atoms with Crippen LogP contribution in [0.15, 0.2) is 48.7 Å². The Morgan fingerprint density at radius 2 is 1.78 bits per heavy atom. The van der Waals surface area contributed by atoms with Crippen molar-refractivity contribution in [2.75, 3.05) is 39.1 Å². The topological polar surface area (TPSA) is 104 Å². The highest BCUT2D eigenvalue weighted by atomic mass is 19.2. The third kappa shape index (κ3) is 4.69. The van der Waals surface area contributed by atoms with E-state index in [0.29, 0.717) is 17.9 Å². The Balaban J connectivity index is 1.42. The fourth-order valence-electron chi connectivity index (χ4n) is 4.20. The molecule has 0 saturated carbocycles. The van der Waals surface area contributed by atoms with Crippen molar-refractivity contribution < 1.29 is 18.3 Å². The molecule has 2 aromatic carbocycles. The fraction of sp³-hybridized carbons (Fsp3) is 0.280. The summed E-state index contributed by atoms with van der Waals surface area (Å²) < 4.78 is 41.8. The number of anilines is 1. The van der Waals surface area contributed by atoms with E-state index in [1.165, 1.54) is 12.1 Å². The van der Waals surface area contributed by atoms with E-state index in [-0.39, 0.29) is 29.7 Å². The highest BCUT2D eigenvalue weighted by Gasteiger charge is 2.22. The van der Waals surface area contributed by atoms with Crippen LogP contribution in [-0.2, 0) is 0 Å². The van der Waals surface area contributed by atoms with Crippen LogP contribution in [0.3, 0.4) is 0 Å². The summed E-state index contributed by atoms with van der Waals surface area (Å²) in [5.41, 5.74) is 7.92. The summed E-state index contributed by atoms with van der Waals surface area (Å²) in [7, 11) is 1.59. The maximum absolute atomic E-state index is 15.1. The number of halogens is 2. The molecule has 1 saturated heterocycles. The van der Waals surface area contributed by atoms with E-state index in [4.69, 9.17) is 15.2 Å². The number of nitrogens with zero attached hydrogens (tertiary/aromatic N) is 6. The molecule has 0 amide bonds. The number of pyridine rings is 1. The summed E-state index contributed by atoms with van der Waals surface area (Å²) >= 11 is 0. The lowest BCUT2D eigenvalue weighted by Crippen LogP contribution is -2.25. The maximum Gasteiger partial charge on any atom is 0.202 e. The Hall–Kier alpha value is -4.12. The van der Waals surface area contributed by atoms with Gasteiger partial charge in [-0.25, -0.2) is 9.37 Å². The molecule has 0 atom stereocenters. The molecule has 0 radical (unpaired) electrons. The van der Waals surface area contributed by atoms with Crippen molar-refractivity contribution in [2.45, 2.75) is 12.8 Å². The van der Waals surface area contributed by atoms with Gasteiger partial charge in [0.25, 0.3) is 0 Å². The molecule has 9 nitrogen and oxygen atoms in total. The van der Waals surface area contributed by atoms with E-state index < -0.39 is 11.6 Å². The average Bonchev–Trinajstić information content (AvgIpc) is 3.60. The van der Waals surface area contributed by atoms with Gasteiger partial charge in [-0.1, -0.05) is 12.1 Å². The number of nitrogen functional groups attached to an aromatic ring is 1. The Bertz CT molecular complexity index is 1360. The first-order valence-electron chi connectivity index (χ1n) is 11.6. The molecule has 0 unspecified atom stereocenters. The minimum absolute atomic E-state index is 0.122. The van der Waals surface area contributed by atoms with Crippen LogP contribution < -0.4 is 15.2 Å². The van der Waals surface area contributed by atoms with E-state index in [2.05, 4.69) is 25.4 Å². The van der Waals surface area contributed by atoms with Crippen LogP contribution in [0.2, 0.25) is 0 Å². The first kappa shape index (κ1) is 23.6. The van der Waals surface area contributed by atoms with E-state index in [9.17, 15) is 4.39 Å². The number of hydrogen-bond donors (Lipinski definition) is 1. The second-order valence-corrected chi connectivity index (χ2v) is 8.41. The molecule has 4 aromatic rings. The van der Waals surface area contributed by atoms with Crippen molar-refractivity contribution in [2.24, 2.45) is 0 Å². The highest BCUT2D eigenvalue weighted by molar-refractivity contribution is 5.76. The van der Waals surface area contributed by atoms with Gasteiger partial charge in [-0.05, 0) is 72.3 Å². The number of nitrogens with two attached hydrogens (primary N) is 1. The Labute approximate surface area is 206 Å². The summed E-state index contributed by atoms with van der Waals surface area (Å²) in [6.45, 7) is 2.93. The minimum atomic E-state index is -1.12. The lowest BCUT2D eigenvalue weighted by molar-refractivity contribution is 0.229. The quantitative estimate of drug-likeness (QED) is 0.396. The van der Waals surface area contributed by atoms with Gasteiger partial charge in [0.2, 0.25) is 5.82 Å². The largest absolute Gasteiger partial charge is 0.497 e. The molecule has 186 valence electrons. The summed E-state index contributed by atoms with van der Waals surface area (Å²) in [4.78, 5) is 6.49. The van der Waals surface area contributed by atoms with Crippen LogP contribution in [0.25, 0.3) is 28.2 Å². The van der Waals surface area contributed by atoms with Crippen molar-refractivity contribution in [1.82, 2.24) is 30.1 Å². The summed E-state index contributed by atoms with van der Waals surface area (Å²) in [5, 5.41) is 11.6. The molecule has 0 aliphatic carbocycles. The van der Waals surface area contributed by atoms with Crippen LogP contribution >= 0.6 is 0 Å². The van der Waals surface area contributed by atoms with Crippen LogP contribution in [0.4, 0.5) is 14.6 Å². The predicted molar refractivity (Wildman–Crippen MR) is 130 cm³/mol. The Morgan fingerprint density at radius 3 is 2.53 bits per heavy atom. The first-order chi connectivity index (χ1) is 17.5. The zero-order chi connectivity index (χ0) is 25.1. The highest BCUT2D eigenvalue weighted by Crippen LogP contribution is 2.32. The number of methoxy groups -OCH3 is 1. The number of hydrogen-bond acceptors (Lipinski definition) is 8. The van der Waals surface area contributed by atoms with Gasteiger partial charge >= 0.3 is 0 Å². The Kier molecular flexibility index (Phi) is 6.72. The summed E-state index contributed by atoms with van der Waals surface area (Å²) in [6, 6.07) is 11.9. The zero-order valence-electron chi connectivity index (χ0n) is 19.7. The molecule has 5 rings (SSSR count). The molecule has 11 heteroatoms. The van der Waals surface area contributed by atoms with Crippen LogP contribution in [0.1, 0.15) is 12.8 Å². The van der Waals surface area contributed by atoms with Gasteiger partial charge in [-0.3, -0.25) is 4.90 Å². The van der Waals surface area contributed by atoms with E-state index >= 15 is 4.39 Å². The second kappa shape index (κ2) is 10.2. The first-order valence-corrected chi connectivity index (χ1v) is 11.6. The van der Waals surface area contributed by atoms with Crippen molar-refractivity contribution in [3.05, 3.63) is 60.3 Å². The molecular weight excluding hydrogens is 468 g/mol. The van der Waals surface area contributed by atoms with Gasteiger partial charge in [0.15, 0.2) is 17.4 Å². The van der Waals surface area contributed by atoms with Gasteiger partial charge < -0.3 is 15.2 Å². The van der Waals surface area contributed by atoms with E-state index in [1.807, 2.05) is 24.3 Å². The molecule has 1 aliphatic rings.